The van der Waals surface area contributed by atoms with Gasteiger partial charge in [0, 0.05) is 26.7 Å². The van der Waals surface area contributed by atoms with Crippen LogP contribution in [0.1, 0.15) is 12.8 Å². The Labute approximate surface area is 92.3 Å². The fourth-order valence-corrected chi connectivity index (χ4v) is 2.14. The molecule has 5 nitrogen and oxygen atoms in total. The minimum atomic E-state index is 0.804. The number of rotatable bonds is 2. The van der Waals surface area contributed by atoms with Crippen LogP contribution in [0.15, 0.2) is 4.99 Å². The first-order valence-electron chi connectivity index (χ1n) is 5.50. The Morgan fingerprint density at radius 3 is 2.47 bits per heavy atom. The fraction of sp³-hybridized carbons (Fsp3) is 0.900. The minimum Gasteiger partial charge on any atom is -0.342 e. The highest BCUT2D eigenvalue weighted by Crippen LogP contribution is 2.17. The molecule has 1 heterocycles. The number of piperidine rings is 1. The second kappa shape index (κ2) is 5.92. The van der Waals surface area contributed by atoms with Crippen molar-refractivity contribution in [1.82, 2.24) is 15.2 Å². The summed E-state index contributed by atoms with van der Waals surface area (Å²) >= 11 is 0. The van der Waals surface area contributed by atoms with Gasteiger partial charge in [0.2, 0.25) is 5.96 Å². The number of hydrogen-bond donors (Lipinski definition) is 2. The van der Waals surface area contributed by atoms with Gasteiger partial charge >= 0.3 is 0 Å². The smallest absolute Gasteiger partial charge is 0.208 e. The molecule has 0 aliphatic carbocycles. The molecule has 1 rings (SSSR count). The van der Waals surface area contributed by atoms with Crippen LogP contribution in [0.2, 0.25) is 0 Å². The Morgan fingerprint density at radius 1 is 1.47 bits per heavy atom. The Balaban J connectivity index is 2.35. The van der Waals surface area contributed by atoms with Gasteiger partial charge in [0.15, 0.2) is 0 Å². The Hall–Kier alpha value is -0.810. The fourth-order valence-electron chi connectivity index (χ4n) is 2.14. The van der Waals surface area contributed by atoms with E-state index in [4.69, 9.17) is 5.84 Å². The number of nitrogens with two attached hydrogens (primary N) is 1. The van der Waals surface area contributed by atoms with E-state index in [1.54, 1.807) is 7.05 Å². The van der Waals surface area contributed by atoms with E-state index in [1.165, 1.54) is 19.4 Å². The molecule has 0 amide bonds. The van der Waals surface area contributed by atoms with Crippen LogP contribution < -0.4 is 11.3 Å². The summed E-state index contributed by atoms with van der Waals surface area (Å²) in [7, 11) is 6.03. The monoisotopic (exact) mass is 213 g/mol. The average Bonchev–Trinajstić information content (AvgIpc) is 2.21. The van der Waals surface area contributed by atoms with E-state index in [2.05, 4.69) is 34.3 Å². The standard InChI is InChI=1S/C10H23N5/c1-12-10(13-11)15-6-4-9(5-7-15)8-14(2)3/h9H,4-8,11H2,1-3H3,(H,12,13). The molecule has 0 aromatic rings. The summed E-state index contributed by atoms with van der Waals surface area (Å²) in [6.07, 6.45) is 2.44. The van der Waals surface area contributed by atoms with Gasteiger partial charge in [0.1, 0.15) is 0 Å². The average molecular weight is 213 g/mol. The summed E-state index contributed by atoms with van der Waals surface area (Å²) in [4.78, 5) is 8.59. The highest BCUT2D eigenvalue weighted by atomic mass is 15.4. The van der Waals surface area contributed by atoms with Gasteiger partial charge in [-0.15, -0.1) is 0 Å². The zero-order valence-electron chi connectivity index (χ0n) is 10.0. The van der Waals surface area contributed by atoms with Gasteiger partial charge in [-0.3, -0.25) is 10.4 Å². The third-order valence-corrected chi connectivity index (χ3v) is 2.88. The number of aliphatic imine (C=N–C) groups is 1. The first-order chi connectivity index (χ1) is 7.17. The van der Waals surface area contributed by atoms with E-state index >= 15 is 0 Å². The van der Waals surface area contributed by atoms with E-state index in [0.29, 0.717) is 0 Å². The third-order valence-electron chi connectivity index (χ3n) is 2.88. The first-order valence-corrected chi connectivity index (χ1v) is 5.50. The number of hydrazine groups is 1. The molecule has 0 radical (unpaired) electrons. The molecule has 0 bridgehead atoms. The van der Waals surface area contributed by atoms with Gasteiger partial charge in [-0.1, -0.05) is 0 Å². The molecule has 0 saturated carbocycles. The van der Waals surface area contributed by atoms with E-state index in [1.807, 2.05) is 0 Å². The molecule has 3 N–H and O–H groups in total. The van der Waals surface area contributed by atoms with Crippen molar-refractivity contribution in [1.29, 1.82) is 0 Å². The number of guanidine groups is 1. The number of likely N-dealkylation sites (tertiary alicyclic amines) is 1. The Bertz CT molecular complexity index is 206. The van der Waals surface area contributed by atoms with Crippen molar-refractivity contribution < 1.29 is 0 Å². The normalized spacial score (nSPS) is 19.8. The predicted octanol–water partition coefficient (Wildman–Crippen LogP) is -0.291. The van der Waals surface area contributed by atoms with Crippen LogP contribution in [0.5, 0.6) is 0 Å². The van der Waals surface area contributed by atoms with Crippen molar-refractivity contribution in [2.45, 2.75) is 12.8 Å². The maximum absolute atomic E-state index is 5.40. The van der Waals surface area contributed by atoms with Crippen LogP contribution in [0.3, 0.4) is 0 Å². The quantitative estimate of drug-likeness (QED) is 0.286. The summed E-state index contributed by atoms with van der Waals surface area (Å²) in [6, 6.07) is 0. The molecular formula is C10H23N5. The molecule has 1 aliphatic rings. The highest BCUT2D eigenvalue weighted by molar-refractivity contribution is 5.79. The largest absolute Gasteiger partial charge is 0.342 e. The third kappa shape index (κ3) is 3.68. The van der Waals surface area contributed by atoms with Crippen molar-refractivity contribution in [3.63, 3.8) is 0 Å². The predicted molar refractivity (Wildman–Crippen MR) is 63.5 cm³/mol. The van der Waals surface area contributed by atoms with E-state index < -0.39 is 0 Å². The van der Waals surface area contributed by atoms with E-state index in [0.717, 1.165) is 25.0 Å². The second-order valence-electron chi connectivity index (χ2n) is 4.38. The van der Waals surface area contributed by atoms with E-state index in [-0.39, 0.29) is 0 Å². The molecule has 0 atom stereocenters. The lowest BCUT2D eigenvalue weighted by Crippen LogP contribution is -2.48. The molecule has 5 heteroatoms. The molecule has 0 unspecified atom stereocenters. The zero-order chi connectivity index (χ0) is 11.3. The molecule has 0 spiro atoms. The van der Waals surface area contributed by atoms with Crippen LogP contribution in [0.25, 0.3) is 0 Å². The molecule has 1 saturated heterocycles. The molecule has 1 fully saturated rings. The van der Waals surface area contributed by atoms with Crippen LogP contribution >= 0.6 is 0 Å². The van der Waals surface area contributed by atoms with Crippen LogP contribution in [-0.4, -0.2) is 56.5 Å². The number of nitrogens with one attached hydrogen (secondary N) is 1. The Kier molecular flexibility index (Phi) is 4.84. The summed E-state index contributed by atoms with van der Waals surface area (Å²) in [5.74, 6) is 7.01. The lowest BCUT2D eigenvalue weighted by atomic mass is 9.97. The molecule has 0 aromatic heterocycles. The van der Waals surface area contributed by atoms with Crippen LogP contribution in [0.4, 0.5) is 0 Å². The van der Waals surface area contributed by atoms with Gasteiger partial charge in [-0.25, -0.2) is 5.84 Å². The van der Waals surface area contributed by atoms with Gasteiger partial charge in [-0.05, 0) is 32.9 Å². The summed E-state index contributed by atoms with van der Waals surface area (Å²) in [5.41, 5.74) is 2.64. The minimum absolute atomic E-state index is 0.804. The first kappa shape index (κ1) is 12.3. The molecule has 1 aliphatic heterocycles. The summed E-state index contributed by atoms with van der Waals surface area (Å²) in [6.45, 7) is 3.28. The SMILES string of the molecule is CN=C(NN)N1CCC(CN(C)C)CC1. The molecular weight excluding hydrogens is 190 g/mol. The van der Waals surface area contributed by atoms with Crippen molar-refractivity contribution in [3.05, 3.63) is 0 Å². The van der Waals surface area contributed by atoms with Gasteiger partial charge in [-0.2, -0.15) is 0 Å². The van der Waals surface area contributed by atoms with Crippen molar-refractivity contribution in [3.8, 4) is 0 Å². The van der Waals surface area contributed by atoms with Crippen molar-refractivity contribution in [2.24, 2.45) is 16.8 Å². The van der Waals surface area contributed by atoms with Gasteiger partial charge in [0.25, 0.3) is 0 Å². The van der Waals surface area contributed by atoms with Crippen LogP contribution in [0, 0.1) is 5.92 Å². The van der Waals surface area contributed by atoms with Gasteiger partial charge in [0.05, 0.1) is 0 Å². The van der Waals surface area contributed by atoms with Gasteiger partial charge < -0.3 is 9.80 Å². The number of nitrogens with zero attached hydrogens (tertiary/aromatic N) is 3. The van der Waals surface area contributed by atoms with Crippen molar-refractivity contribution in [2.75, 3.05) is 40.8 Å². The molecule has 0 aromatic carbocycles. The van der Waals surface area contributed by atoms with Crippen molar-refractivity contribution >= 4 is 5.96 Å². The maximum atomic E-state index is 5.40. The van der Waals surface area contributed by atoms with Crippen LogP contribution in [-0.2, 0) is 0 Å². The number of hydrogen-bond acceptors (Lipinski definition) is 3. The molecule has 88 valence electrons. The highest BCUT2D eigenvalue weighted by Gasteiger charge is 2.21. The zero-order valence-corrected chi connectivity index (χ0v) is 10.0. The summed E-state index contributed by atoms with van der Waals surface area (Å²) < 4.78 is 0. The summed E-state index contributed by atoms with van der Waals surface area (Å²) in [5, 5.41) is 0. The molecule has 15 heavy (non-hydrogen) atoms. The second-order valence-corrected chi connectivity index (χ2v) is 4.38. The lowest BCUT2D eigenvalue weighted by molar-refractivity contribution is 0.216. The van der Waals surface area contributed by atoms with E-state index in [9.17, 15) is 0 Å². The lowest BCUT2D eigenvalue weighted by Gasteiger charge is -2.34. The topological polar surface area (TPSA) is 56.9 Å². The Morgan fingerprint density at radius 2 is 2.07 bits per heavy atom. The maximum Gasteiger partial charge on any atom is 0.208 e.